The van der Waals surface area contributed by atoms with E-state index in [-0.39, 0.29) is 18.4 Å². The number of carbonyl (C=O) groups excluding carboxylic acids is 5. The van der Waals surface area contributed by atoms with Gasteiger partial charge in [0.1, 0.15) is 17.8 Å². The van der Waals surface area contributed by atoms with Crippen molar-refractivity contribution in [2.24, 2.45) is 28.1 Å². The van der Waals surface area contributed by atoms with Crippen LogP contribution in [0.25, 0.3) is 0 Å². The predicted molar refractivity (Wildman–Crippen MR) is 146 cm³/mol. The summed E-state index contributed by atoms with van der Waals surface area (Å²) in [5.41, 5.74) is -9.40. The summed E-state index contributed by atoms with van der Waals surface area (Å²) in [7, 11) is 1.07. The lowest BCUT2D eigenvalue weighted by atomic mass is 9.44. The second kappa shape index (κ2) is 9.98. The molecule has 10 atom stereocenters. The summed E-state index contributed by atoms with van der Waals surface area (Å²) in [5.74, 6) is -7.30. The molecule has 0 spiro atoms. The first-order valence-electron chi connectivity index (χ1n) is 14.4. The Morgan fingerprint density at radius 2 is 1.73 bits per heavy atom. The highest BCUT2D eigenvalue weighted by Crippen LogP contribution is 2.74. The highest BCUT2D eigenvalue weighted by molar-refractivity contribution is 5.98. The molecule has 0 amide bonds. The molecule has 1 aromatic heterocycles. The lowest BCUT2D eigenvalue weighted by molar-refractivity contribution is -0.245. The van der Waals surface area contributed by atoms with Gasteiger partial charge < -0.3 is 38.7 Å². The Kier molecular flexibility index (Phi) is 7.23. The number of hydrogen-bond donors (Lipinski definition) is 3. The largest absolute Gasteiger partial charge is 0.472 e. The maximum atomic E-state index is 14.4. The van der Waals surface area contributed by atoms with Crippen LogP contribution in [-0.4, -0.2) is 81.6 Å². The van der Waals surface area contributed by atoms with Crippen molar-refractivity contribution < 1.29 is 62.7 Å². The summed E-state index contributed by atoms with van der Waals surface area (Å²) in [6, 6.07) is 1.60. The number of Topliss-reactive ketones (excluding diaryl/α,β-unsaturated/α-hetero) is 1. The molecule has 3 aliphatic carbocycles. The number of ketones is 1. The second-order valence-electron chi connectivity index (χ2n) is 13.4. The van der Waals surface area contributed by atoms with Gasteiger partial charge in [-0.2, -0.15) is 0 Å². The van der Waals surface area contributed by atoms with E-state index in [0.717, 1.165) is 27.0 Å². The molecule has 3 fully saturated rings. The number of fused-ring (bicyclic) bond motifs is 5. The first-order valence-corrected chi connectivity index (χ1v) is 14.4. The zero-order valence-corrected chi connectivity index (χ0v) is 25.6. The van der Waals surface area contributed by atoms with Gasteiger partial charge in [0.05, 0.1) is 19.6 Å². The molecule has 0 saturated heterocycles. The number of methoxy groups -OCH3 is 1. The molecule has 5 rings (SSSR count). The minimum Gasteiger partial charge on any atom is -0.472 e. The molecule has 3 N–H and O–H groups in total. The molecule has 13 nitrogen and oxygen atoms in total. The third-order valence-corrected chi connectivity index (χ3v) is 10.9. The quantitative estimate of drug-likeness (QED) is 0.316. The van der Waals surface area contributed by atoms with Crippen molar-refractivity contribution in [2.45, 2.75) is 90.0 Å². The van der Waals surface area contributed by atoms with E-state index in [1.807, 2.05) is 0 Å². The van der Waals surface area contributed by atoms with Crippen LogP contribution in [0.5, 0.6) is 0 Å². The first kappa shape index (κ1) is 31.9. The average Bonchev–Trinajstić information content (AvgIpc) is 3.51. The van der Waals surface area contributed by atoms with Crippen LogP contribution >= 0.6 is 0 Å². The molecule has 0 aromatic carbocycles. The number of hydrogen-bond acceptors (Lipinski definition) is 13. The number of rotatable bonds is 5. The number of aliphatic hydroxyl groups excluding tert-OH is 1. The summed E-state index contributed by atoms with van der Waals surface area (Å²) < 4.78 is 26.9. The fourth-order valence-electron chi connectivity index (χ4n) is 9.18. The molecule has 13 heteroatoms. The van der Waals surface area contributed by atoms with Gasteiger partial charge in [0.15, 0.2) is 11.7 Å². The summed E-state index contributed by atoms with van der Waals surface area (Å²) in [6.07, 6.45) is -2.60. The van der Waals surface area contributed by atoms with Crippen LogP contribution in [0.2, 0.25) is 0 Å². The lowest BCUT2D eigenvalue weighted by Crippen LogP contribution is -2.74. The van der Waals surface area contributed by atoms with E-state index < -0.39 is 93.4 Å². The minimum atomic E-state index is -2.88. The summed E-state index contributed by atoms with van der Waals surface area (Å²) >= 11 is 0. The molecule has 2 heterocycles. The van der Waals surface area contributed by atoms with Crippen molar-refractivity contribution in [3.63, 3.8) is 0 Å². The highest BCUT2D eigenvalue weighted by Gasteiger charge is 2.86. The molecule has 1 aromatic rings. The Morgan fingerprint density at radius 3 is 2.27 bits per heavy atom. The van der Waals surface area contributed by atoms with Gasteiger partial charge in [-0.1, -0.05) is 27.7 Å². The van der Waals surface area contributed by atoms with Crippen LogP contribution in [-0.2, 0) is 42.9 Å². The average molecular weight is 619 g/mol. The molecule has 240 valence electrons. The Bertz CT molecular complexity index is 1440. The molecule has 3 saturated carbocycles. The highest BCUT2D eigenvalue weighted by atomic mass is 16.6. The molecule has 4 aliphatic rings. The molecule has 1 aliphatic heterocycles. The maximum absolute atomic E-state index is 14.4. The van der Waals surface area contributed by atoms with Crippen LogP contribution < -0.4 is 0 Å². The van der Waals surface area contributed by atoms with Gasteiger partial charge in [-0.3, -0.25) is 14.4 Å². The zero-order chi connectivity index (χ0) is 32.8. The molecule has 0 bridgehead atoms. The minimum absolute atomic E-state index is 0.0238. The van der Waals surface area contributed by atoms with E-state index in [2.05, 4.69) is 0 Å². The SMILES string of the molecule is COC(=O)[C@H](OC(C)=O)[C@H]1C(C)(C)[C@H](OC(C)=O)C(=O)[C@]2(O)[C@@H](O)[C@]3(O)C4=CC(=O)O[C@@H](c5ccoc5)[C@]4(C)CC[C@@H]3[C@]12C. The number of carbonyl (C=O) groups is 5. The van der Waals surface area contributed by atoms with E-state index in [1.54, 1.807) is 13.0 Å². The van der Waals surface area contributed by atoms with Crippen molar-refractivity contribution in [1.29, 1.82) is 0 Å². The number of furan rings is 1. The third kappa shape index (κ3) is 3.84. The number of ether oxygens (including phenoxy) is 4. The van der Waals surface area contributed by atoms with Gasteiger partial charge in [0.25, 0.3) is 0 Å². The van der Waals surface area contributed by atoms with Crippen LogP contribution in [0.3, 0.4) is 0 Å². The van der Waals surface area contributed by atoms with Gasteiger partial charge in [0.2, 0.25) is 11.9 Å². The number of cyclic esters (lactones) is 1. The van der Waals surface area contributed by atoms with Crippen molar-refractivity contribution >= 4 is 29.7 Å². The fraction of sp³-hybridized carbons (Fsp3) is 0.645. The maximum Gasteiger partial charge on any atom is 0.347 e. The van der Waals surface area contributed by atoms with Gasteiger partial charge in [-0.25, -0.2) is 9.59 Å². The van der Waals surface area contributed by atoms with Crippen LogP contribution in [0.4, 0.5) is 0 Å². The molecular weight excluding hydrogens is 580 g/mol. The van der Waals surface area contributed by atoms with E-state index >= 15 is 0 Å². The zero-order valence-electron chi connectivity index (χ0n) is 25.6. The number of esters is 4. The van der Waals surface area contributed by atoms with Crippen molar-refractivity contribution in [3.05, 3.63) is 35.8 Å². The monoisotopic (exact) mass is 618 g/mol. The van der Waals surface area contributed by atoms with Gasteiger partial charge >= 0.3 is 23.9 Å². The van der Waals surface area contributed by atoms with Gasteiger partial charge in [-0.05, 0) is 24.5 Å². The Hall–Kier alpha value is -3.55. The lowest BCUT2D eigenvalue weighted by Gasteiger charge is -2.61. The Balaban J connectivity index is 1.80. The molecular formula is C31H38O13. The van der Waals surface area contributed by atoms with Crippen LogP contribution in [0.15, 0.2) is 34.7 Å². The predicted octanol–water partition coefficient (Wildman–Crippen LogP) is 1.32. The summed E-state index contributed by atoms with van der Waals surface area (Å²) in [5, 5.41) is 37.5. The second-order valence-corrected chi connectivity index (χ2v) is 13.4. The number of aliphatic hydroxyl groups is 3. The van der Waals surface area contributed by atoms with Crippen molar-refractivity contribution in [1.82, 2.24) is 0 Å². The van der Waals surface area contributed by atoms with Crippen molar-refractivity contribution in [2.75, 3.05) is 7.11 Å². The Morgan fingerprint density at radius 1 is 1.07 bits per heavy atom. The molecule has 0 radical (unpaired) electrons. The van der Waals surface area contributed by atoms with E-state index in [9.17, 15) is 39.3 Å². The summed E-state index contributed by atoms with van der Waals surface area (Å²) in [6.45, 7) is 8.31. The smallest absolute Gasteiger partial charge is 0.347 e. The van der Waals surface area contributed by atoms with Crippen molar-refractivity contribution in [3.8, 4) is 0 Å². The van der Waals surface area contributed by atoms with Crippen LogP contribution in [0, 0.1) is 28.1 Å². The van der Waals surface area contributed by atoms with Gasteiger partial charge in [0, 0.05) is 53.6 Å². The van der Waals surface area contributed by atoms with Crippen LogP contribution in [0.1, 0.15) is 66.1 Å². The van der Waals surface area contributed by atoms with Gasteiger partial charge in [-0.15, -0.1) is 0 Å². The van der Waals surface area contributed by atoms with E-state index in [4.69, 9.17) is 23.4 Å². The summed E-state index contributed by atoms with van der Waals surface area (Å²) in [4.78, 5) is 65.4. The normalized spacial score (nSPS) is 41.2. The topological polar surface area (TPSA) is 196 Å². The molecule has 0 unspecified atom stereocenters. The standard InChI is InChI=1S/C31H38O13/c1-14(32)42-20(25(36)40-7)21-27(3,4)24(43-15(2)33)22(35)31(39)26(37)30(38)17(29(21,31)6)8-10-28(5)18(30)12-19(34)44-23(28)16-9-11-41-13-16/h9,11-13,17,20-21,23-24,26,37-39H,8,10H2,1-7H3/t17-,20-,21+,23+,24-,26+,28-,29-,30-,31+/m1/s1. The Labute approximate surface area is 253 Å². The van der Waals surface area contributed by atoms with E-state index in [0.29, 0.717) is 5.56 Å². The fourth-order valence-corrected chi connectivity index (χ4v) is 9.18. The third-order valence-electron chi connectivity index (χ3n) is 10.9. The van der Waals surface area contributed by atoms with E-state index in [1.165, 1.54) is 33.3 Å². The first-order chi connectivity index (χ1) is 20.3. The molecule has 44 heavy (non-hydrogen) atoms.